The van der Waals surface area contributed by atoms with E-state index in [9.17, 15) is 4.79 Å². The second kappa shape index (κ2) is 7.97. The van der Waals surface area contributed by atoms with Gasteiger partial charge in [0.15, 0.2) is 5.82 Å². The molecule has 4 rings (SSSR count). The van der Waals surface area contributed by atoms with Crippen molar-refractivity contribution in [2.24, 2.45) is 5.92 Å². The van der Waals surface area contributed by atoms with Gasteiger partial charge >= 0.3 is 0 Å². The van der Waals surface area contributed by atoms with Gasteiger partial charge in [-0.25, -0.2) is 0 Å². The van der Waals surface area contributed by atoms with E-state index in [1.807, 2.05) is 35.2 Å². The van der Waals surface area contributed by atoms with Gasteiger partial charge in [-0.3, -0.25) is 4.79 Å². The molecule has 3 heterocycles. The highest BCUT2D eigenvalue weighted by molar-refractivity contribution is 5.76. The molecule has 0 N–H and O–H groups in total. The van der Waals surface area contributed by atoms with E-state index >= 15 is 0 Å². The number of rotatable bonds is 5. The van der Waals surface area contributed by atoms with Crippen molar-refractivity contribution in [1.29, 1.82) is 0 Å². The Morgan fingerprint density at radius 2 is 2.04 bits per heavy atom. The minimum absolute atomic E-state index is 0.154. The van der Waals surface area contributed by atoms with Gasteiger partial charge in [-0.05, 0) is 24.5 Å². The maximum Gasteiger partial charge on any atom is 0.257 e. The van der Waals surface area contributed by atoms with E-state index in [1.54, 1.807) is 0 Å². The Bertz CT molecular complexity index is 727. The Balaban J connectivity index is 1.35. The van der Waals surface area contributed by atoms with Crippen LogP contribution >= 0.6 is 0 Å². The quantitative estimate of drug-likeness (QED) is 0.814. The summed E-state index contributed by atoms with van der Waals surface area (Å²) in [6, 6.07) is 9.67. The molecule has 2 aliphatic rings. The van der Waals surface area contributed by atoms with Crippen LogP contribution in [0.3, 0.4) is 0 Å². The van der Waals surface area contributed by atoms with E-state index in [0.717, 1.165) is 44.8 Å². The van der Waals surface area contributed by atoms with E-state index in [-0.39, 0.29) is 5.91 Å². The lowest BCUT2D eigenvalue weighted by molar-refractivity contribution is -0.131. The van der Waals surface area contributed by atoms with Crippen LogP contribution < -0.4 is 0 Å². The Morgan fingerprint density at radius 1 is 1.15 bits per heavy atom. The highest BCUT2D eigenvalue weighted by Crippen LogP contribution is 2.18. The molecular weight excluding hydrogens is 332 g/mol. The van der Waals surface area contributed by atoms with Gasteiger partial charge in [0.2, 0.25) is 5.91 Å². The van der Waals surface area contributed by atoms with E-state index in [2.05, 4.69) is 15.0 Å². The van der Waals surface area contributed by atoms with Crippen molar-refractivity contribution in [3.05, 3.63) is 36.2 Å². The SMILES string of the molecule is O=C1CCN(CC2CCOC2)CCN1Cc1noc(-c2ccccc2)n1. The fourth-order valence-corrected chi connectivity index (χ4v) is 3.54. The molecule has 7 heteroatoms. The normalized spacial score (nSPS) is 21.9. The fourth-order valence-electron chi connectivity index (χ4n) is 3.54. The number of hydrogen-bond acceptors (Lipinski definition) is 6. The molecule has 2 aliphatic heterocycles. The van der Waals surface area contributed by atoms with Gasteiger partial charge in [-0.1, -0.05) is 23.4 Å². The van der Waals surface area contributed by atoms with Gasteiger partial charge in [0.1, 0.15) is 0 Å². The third-order valence-corrected chi connectivity index (χ3v) is 5.04. The zero-order chi connectivity index (χ0) is 17.8. The van der Waals surface area contributed by atoms with Crippen LogP contribution in [0.5, 0.6) is 0 Å². The van der Waals surface area contributed by atoms with E-state index in [1.165, 1.54) is 0 Å². The average Bonchev–Trinajstić information content (AvgIpc) is 3.31. The molecule has 1 aromatic carbocycles. The minimum Gasteiger partial charge on any atom is -0.381 e. The monoisotopic (exact) mass is 356 g/mol. The van der Waals surface area contributed by atoms with E-state index < -0.39 is 0 Å². The number of benzene rings is 1. The first-order valence-corrected chi connectivity index (χ1v) is 9.24. The largest absolute Gasteiger partial charge is 0.381 e. The molecule has 0 saturated carbocycles. The predicted octanol–water partition coefficient (Wildman–Crippen LogP) is 1.81. The van der Waals surface area contributed by atoms with Gasteiger partial charge in [0.05, 0.1) is 13.2 Å². The number of aromatic nitrogens is 2. The first kappa shape index (κ1) is 17.2. The molecular formula is C19H24N4O3. The molecule has 138 valence electrons. The van der Waals surface area contributed by atoms with Crippen molar-refractivity contribution < 1.29 is 14.1 Å². The molecule has 0 spiro atoms. The lowest BCUT2D eigenvalue weighted by atomic mass is 10.1. The summed E-state index contributed by atoms with van der Waals surface area (Å²) in [7, 11) is 0. The van der Waals surface area contributed by atoms with Gasteiger partial charge in [-0.15, -0.1) is 0 Å². The van der Waals surface area contributed by atoms with Gasteiger partial charge in [-0.2, -0.15) is 4.98 Å². The van der Waals surface area contributed by atoms with Gasteiger partial charge in [0.25, 0.3) is 5.89 Å². The molecule has 7 nitrogen and oxygen atoms in total. The number of nitrogens with zero attached hydrogens (tertiary/aromatic N) is 4. The van der Waals surface area contributed by atoms with Crippen LogP contribution in [0.25, 0.3) is 11.5 Å². The molecule has 1 aromatic heterocycles. The van der Waals surface area contributed by atoms with Crippen LogP contribution in [0.4, 0.5) is 0 Å². The summed E-state index contributed by atoms with van der Waals surface area (Å²) in [6.45, 7) is 5.52. The van der Waals surface area contributed by atoms with Crippen molar-refractivity contribution in [1.82, 2.24) is 19.9 Å². The Kier molecular flexibility index (Phi) is 5.26. The molecule has 0 bridgehead atoms. The number of carbonyl (C=O) groups excluding carboxylic acids is 1. The van der Waals surface area contributed by atoms with Crippen molar-refractivity contribution >= 4 is 5.91 Å². The maximum absolute atomic E-state index is 12.5. The topological polar surface area (TPSA) is 71.7 Å². The molecule has 1 amide bonds. The Labute approximate surface area is 152 Å². The summed E-state index contributed by atoms with van der Waals surface area (Å²) >= 11 is 0. The summed E-state index contributed by atoms with van der Waals surface area (Å²) in [6.07, 6.45) is 1.66. The van der Waals surface area contributed by atoms with Gasteiger partial charge in [0, 0.05) is 44.8 Å². The number of ether oxygens (including phenoxy) is 1. The van der Waals surface area contributed by atoms with Crippen molar-refractivity contribution in [2.75, 3.05) is 39.4 Å². The first-order chi connectivity index (χ1) is 12.8. The van der Waals surface area contributed by atoms with Crippen LogP contribution in [0, 0.1) is 5.92 Å². The molecule has 26 heavy (non-hydrogen) atoms. The summed E-state index contributed by atoms with van der Waals surface area (Å²) in [5, 5.41) is 4.04. The summed E-state index contributed by atoms with van der Waals surface area (Å²) in [4.78, 5) is 21.1. The van der Waals surface area contributed by atoms with Crippen LogP contribution in [-0.4, -0.2) is 65.2 Å². The van der Waals surface area contributed by atoms with Crippen LogP contribution in [-0.2, 0) is 16.1 Å². The third-order valence-electron chi connectivity index (χ3n) is 5.04. The minimum atomic E-state index is 0.154. The summed E-state index contributed by atoms with van der Waals surface area (Å²) in [5.74, 6) is 1.80. The first-order valence-electron chi connectivity index (χ1n) is 9.24. The molecule has 1 unspecified atom stereocenters. The predicted molar refractivity (Wildman–Crippen MR) is 95.1 cm³/mol. The zero-order valence-corrected chi connectivity index (χ0v) is 14.8. The smallest absolute Gasteiger partial charge is 0.257 e. The van der Waals surface area contributed by atoms with Crippen LogP contribution in [0.2, 0.25) is 0 Å². The van der Waals surface area contributed by atoms with Gasteiger partial charge < -0.3 is 19.1 Å². The lowest BCUT2D eigenvalue weighted by Crippen LogP contribution is -2.35. The lowest BCUT2D eigenvalue weighted by Gasteiger charge is -2.23. The van der Waals surface area contributed by atoms with Crippen LogP contribution in [0.15, 0.2) is 34.9 Å². The van der Waals surface area contributed by atoms with Crippen molar-refractivity contribution in [3.63, 3.8) is 0 Å². The second-order valence-corrected chi connectivity index (χ2v) is 6.98. The Morgan fingerprint density at radius 3 is 2.85 bits per heavy atom. The van der Waals surface area contributed by atoms with E-state index in [0.29, 0.717) is 37.1 Å². The second-order valence-electron chi connectivity index (χ2n) is 6.98. The van der Waals surface area contributed by atoms with Crippen molar-refractivity contribution in [2.45, 2.75) is 19.4 Å². The average molecular weight is 356 g/mol. The maximum atomic E-state index is 12.5. The Hall–Kier alpha value is -2.25. The summed E-state index contributed by atoms with van der Waals surface area (Å²) < 4.78 is 10.8. The van der Waals surface area contributed by atoms with E-state index in [4.69, 9.17) is 9.26 Å². The van der Waals surface area contributed by atoms with Crippen molar-refractivity contribution in [3.8, 4) is 11.5 Å². The molecule has 0 radical (unpaired) electrons. The van der Waals surface area contributed by atoms with Crippen LogP contribution in [0.1, 0.15) is 18.7 Å². The molecule has 2 aromatic rings. The third kappa shape index (κ3) is 4.11. The zero-order valence-electron chi connectivity index (χ0n) is 14.8. The summed E-state index contributed by atoms with van der Waals surface area (Å²) in [5.41, 5.74) is 0.887. The fraction of sp³-hybridized carbons (Fsp3) is 0.526. The highest BCUT2D eigenvalue weighted by atomic mass is 16.5. The molecule has 2 saturated heterocycles. The number of hydrogen-bond donors (Lipinski definition) is 0. The molecule has 0 aliphatic carbocycles. The highest BCUT2D eigenvalue weighted by Gasteiger charge is 2.25. The standard InChI is InChI=1S/C19H24N4O3/c24-18-6-8-22(12-15-7-11-25-14-15)9-10-23(18)13-17-20-19(26-21-17)16-4-2-1-3-5-16/h1-5,15H,6-14H2. The number of carbonyl (C=O) groups is 1. The molecule has 2 fully saturated rings. The number of amides is 1. The molecule has 1 atom stereocenters.